The number of carboxylic acid groups (broad SMARTS) is 1. The summed E-state index contributed by atoms with van der Waals surface area (Å²) in [4.78, 5) is 23.3. The van der Waals surface area contributed by atoms with Crippen LogP contribution in [0, 0.1) is 11.8 Å². The van der Waals surface area contributed by atoms with E-state index in [1.54, 1.807) is 6.07 Å². The second-order valence-electron chi connectivity index (χ2n) is 5.84. The summed E-state index contributed by atoms with van der Waals surface area (Å²) >= 11 is 0. The van der Waals surface area contributed by atoms with E-state index in [1.165, 1.54) is 18.2 Å². The number of hydrogen-bond acceptors (Lipinski definition) is 2. The fourth-order valence-electron chi connectivity index (χ4n) is 2.90. The first kappa shape index (κ1) is 17.3. The molecule has 2 unspecified atom stereocenters. The van der Waals surface area contributed by atoms with E-state index < -0.39 is 36.3 Å². The van der Waals surface area contributed by atoms with E-state index in [0.29, 0.717) is 19.3 Å². The number of rotatable bonds is 4. The number of hydrogen-bond donors (Lipinski definition) is 2. The van der Waals surface area contributed by atoms with Crippen LogP contribution in [0.1, 0.15) is 31.2 Å². The van der Waals surface area contributed by atoms with E-state index in [0.717, 1.165) is 0 Å². The Morgan fingerprint density at radius 1 is 1.17 bits per heavy atom. The van der Waals surface area contributed by atoms with Crippen LogP contribution in [0.3, 0.4) is 0 Å². The van der Waals surface area contributed by atoms with Gasteiger partial charge in [0.05, 0.1) is 12.3 Å². The van der Waals surface area contributed by atoms with Gasteiger partial charge >= 0.3 is 12.1 Å². The summed E-state index contributed by atoms with van der Waals surface area (Å²) in [6.07, 6.45) is -3.55. The lowest BCUT2D eigenvalue weighted by Gasteiger charge is -2.26. The van der Waals surface area contributed by atoms with Gasteiger partial charge in [-0.05, 0) is 30.9 Å². The Labute approximate surface area is 131 Å². The highest BCUT2D eigenvalue weighted by atomic mass is 19.4. The average molecular weight is 329 g/mol. The summed E-state index contributed by atoms with van der Waals surface area (Å²) in [6, 6.07) is 5.79. The number of carbonyl (C=O) groups is 2. The van der Waals surface area contributed by atoms with Crippen LogP contribution in [0.25, 0.3) is 0 Å². The van der Waals surface area contributed by atoms with Gasteiger partial charge in [0.15, 0.2) is 0 Å². The van der Waals surface area contributed by atoms with Crippen LogP contribution >= 0.6 is 0 Å². The van der Waals surface area contributed by atoms with Crippen LogP contribution in [0.5, 0.6) is 0 Å². The SMILES string of the molecule is O=C(O)C1CCCC(C(=O)Nc2ccccc2CC(F)(F)F)C1. The molecule has 0 saturated heterocycles. The normalized spacial score (nSPS) is 21.7. The highest BCUT2D eigenvalue weighted by Gasteiger charge is 2.32. The highest BCUT2D eigenvalue weighted by Crippen LogP contribution is 2.31. The predicted octanol–water partition coefficient (Wildman–Crippen LogP) is 3.62. The van der Waals surface area contributed by atoms with E-state index in [9.17, 15) is 22.8 Å². The van der Waals surface area contributed by atoms with Crippen molar-refractivity contribution in [2.45, 2.75) is 38.3 Å². The summed E-state index contributed by atoms with van der Waals surface area (Å²) in [7, 11) is 0. The molecule has 2 rings (SSSR count). The molecule has 0 spiro atoms. The van der Waals surface area contributed by atoms with Crippen molar-refractivity contribution in [2.75, 3.05) is 5.32 Å². The molecule has 1 amide bonds. The second-order valence-corrected chi connectivity index (χ2v) is 5.84. The molecule has 2 atom stereocenters. The minimum Gasteiger partial charge on any atom is -0.481 e. The maximum atomic E-state index is 12.6. The number of para-hydroxylation sites is 1. The van der Waals surface area contributed by atoms with Gasteiger partial charge in [0, 0.05) is 11.6 Å². The number of aliphatic carboxylic acids is 1. The van der Waals surface area contributed by atoms with Crippen molar-refractivity contribution in [2.24, 2.45) is 11.8 Å². The summed E-state index contributed by atoms with van der Waals surface area (Å²) in [5.41, 5.74) is 0.131. The standard InChI is InChI=1S/C16H18F3NO3/c17-16(18,19)9-12-4-1-2-7-13(12)20-14(21)10-5-3-6-11(8-10)15(22)23/h1-2,4,7,10-11H,3,5-6,8-9H2,(H,20,21)(H,22,23). The van der Waals surface area contributed by atoms with E-state index >= 15 is 0 Å². The zero-order valence-electron chi connectivity index (χ0n) is 12.4. The van der Waals surface area contributed by atoms with Gasteiger partial charge in [-0.25, -0.2) is 0 Å². The molecular formula is C16H18F3NO3. The predicted molar refractivity (Wildman–Crippen MR) is 77.9 cm³/mol. The van der Waals surface area contributed by atoms with E-state index in [-0.39, 0.29) is 17.7 Å². The van der Waals surface area contributed by atoms with E-state index in [2.05, 4.69) is 5.32 Å². The number of benzene rings is 1. The quantitative estimate of drug-likeness (QED) is 0.886. The number of amides is 1. The molecule has 0 aliphatic heterocycles. The summed E-state index contributed by atoms with van der Waals surface area (Å²) < 4.78 is 37.7. The Balaban J connectivity index is 2.07. The van der Waals surface area contributed by atoms with Crippen LogP contribution in [-0.4, -0.2) is 23.2 Å². The number of anilines is 1. The number of alkyl halides is 3. The Morgan fingerprint density at radius 2 is 1.83 bits per heavy atom. The lowest BCUT2D eigenvalue weighted by molar-refractivity contribution is -0.143. The number of nitrogens with one attached hydrogen (secondary N) is 1. The van der Waals surface area contributed by atoms with Crippen molar-refractivity contribution in [1.29, 1.82) is 0 Å². The Morgan fingerprint density at radius 3 is 2.48 bits per heavy atom. The largest absolute Gasteiger partial charge is 0.481 e. The number of halogens is 3. The summed E-state index contributed by atoms with van der Waals surface area (Å²) in [5, 5.41) is 11.6. The fourth-order valence-corrected chi connectivity index (χ4v) is 2.90. The molecule has 0 aromatic heterocycles. The van der Waals surface area contributed by atoms with Gasteiger partial charge in [0.2, 0.25) is 5.91 Å². The van der Waals surface area contributed by atoms with Gasteiger partial charge in [0.1, 0.15) is 0 Å². The van der Waals surface area contributed by atoms with E-state index in [4.69, 9.17) is 5.11 Å². The maximum Gasteiger partial charge on any atom is 0.393 e. The lowest BCUT2D eigenvalue weighted by atomic mass is 9.81. The molecule has 7 heteroatoms. The first-order valence-electron chi connectivity index (χ1n) is 7.44. The smallest absolute Gasteiger partial charge is 0.393 e. The molecule has 1 saturated carbocycles. The molecule has 1 fully saturated rings. The van der Waals surface area contributed by atoms with Gasteiger partial charge in [-0.1, -0.05) is 24.6 Å². The van der Waals surface area contributed by atoms with Crippen LogP contribution in [-0.2, 0) is 16.0 Å². The van der Waals surface area contributed by atoms with Crippen molar-refractivity contribution in [3.8, 4) is 0 Å². The summed E-state index contributed by atoms with van der Waals surface area (Å²) in [6.45, 7) is 0. The molecule has 0 heterocycles. The molecule has 1 aliphatic carbocycles. The Bertz CT molecular complexity index is 586. The molecule has 0 bridgehead atoms. The van der Waals surface area contributed by atoms with Crippen molar-refractivity contribution >= 4 is 17.6 Å². The average Bonchev–Trinajstić information content (AvgIpc) is 2.48. The lowest BCUT2D eigenvalue weighted by Crippen LogP contribution is -2.31. The highest BCUT2D eigenvalue weighted by molar-refractivity contribution is 5.93. The minimum absolute atomic E-state index is 0.000978. The molecule has 126 valence electrons. The molecule has 0 radical (unpaired) electrons. The molecule has 2 N–H and O–H groups in total. The van der Waals surface area contributed by atoms with Gasteiger partial charge in [-0.15, -0.1) is 0 Å². The maximum absolute atomic E-state index is 12.6. The Kier molecular flexibility index (Phi) is 5.28. The van der Waals surface area contributed by atoms with Gasteiger partial charge in [-0.3, -0.25) is 9.59 Å². The van der Waals surface area contributed by atoms with Crippen molar-refractivity contribution in [1.82, 2.24) is 0 Å². The topological polar surface area (TPSA) is 66.4 Å². The fraction of sp³-hybridized carbons (Fsp3) is 0.500. The van der Waals surface area contributed by atoms with Crippen molar-refractivity contribution < 1.29 is 27.9 Å². The van der Waals surface area contributed by atoms with Crippen molar-refractivity contribution in [3.63, 3.8) is 0 Å². The monoisotopic (exact) mass is 329 g/mol. The minimum atomic E-state index is -4.36. The third-order valence-electron chi connectivity index (χ3n) is 4.06. The van der Waals surface area contributed by atoms with Crippen LogP contribution in [0.4, 0.5) is 18.9 Å². The zero-order valence-corrected chi connectivity index (χ0v) is 12.4. The summed E-state index contributed by atoms with van der Waals surface area (Å²) in [5.74, 6) is -2.39. The van der Waals surface area contributed by atoms with E-state index in [1.807, 2.05) is 0 Å². The Hall–Kier alpha value is -2.05. The third-order valence-corrected chi connectivity index (χ3v) is 4.06. The molecular weight excluding hydrogens is 311 g/mol. The second kappa shape index (κ2) is 7.02. The molecule has 1 aromatic carbocycles. The molecule has 1 aliphatic rings. The zero-order chi connectivity index (χ0) is 17.0. The van der Waals surface area contributed by atoms with Crippen LogP contribution in [0.15, 0.2) is 24.3 Å². The third kappa shape index (κ3) is 4.97. The first-order chi connectivity index (χ1) is 10.8. The number of carbonyl (C=O) groups excluding carboxylic acids is 1. The van der Waals surface area contributed by atoms with Crippen LogP contribution in [0.2, 0.25) is 0 Å². The molecule has 1 aromatic rings. The van der Waals surface area contributed by atoms with Gasteiger partial charge < -0.3 is 10.4 Å². The first-order valence-corrected chi connectivity index (χ1v) is 7.44. The van der Waals surface area contributed by atoms with Gasteiger partial charge in [-0.2, -0.15) is 13.2 Å². The van der Waals surface area contributed by atoms with Crippen molar-refractivity contribution in [3.05, 3.63) is 29.8 Å². The molecule has 23 heavy (non-hydrogen) atoms. The number of carboxylic acids is 1. The van der Waals surface area contributed by atoms with Crippen LogP contribution < -0.4 is 5.32 Å². The van der Waals surface area contributed by atoms with Gasteiger partial charge in [0.25, 0.3) is 0 Å². The molecule has 4 nitrogen and oxygen atoms in total.